The van der Waals surface area contributed by atoms with Crippen molar-refractivity contribution in [2.75, 3.05) is 13.7 Å². The highest BCUT2D eigenvalue weighted by Crippen LogP contribution is 2.27. The summed E-state index contributed by atoms with van der Waals surface area (Å²) in [6.07, 6.45) is 0. The van der Waals surface area contributed by atoms with Crippen molar-refractivity contribution in [3.63, 3.8) is 0 Å². The van der Waals surface area contributed by atoms with Gasteiger partial charge >= 0.3 is 0 Å². The van der Waals surface area contributed by atoms with Crippen molar-refractivity contribution in [2.24, 2.45) is 0 Å². The molecule has 8 heteroatoms. The number of halogens is 2. The highest BCUT2D eigenvalue weighted by Gasteiger charge is 2.13. The summed E-state index contributed by atoms with van der Waals surface area (Å²) in [4.78, 5) is 32.8. The van der Waals surface area contributed by atoms with Crippen LogP contribution in [0.3, 0.4) is 0 Å². The number of ether oxygens (including phenoxy) is 1. The Hall–Kier alpha value is -2.57. The average molecular weight is 392 g/mol. The second kappa shape index (κ2) is 7.76. The zero-order chi connectivity index (χ0) is 18.7. The highest BCUT2D eigenvalue weighted by atomic mass is 35.5. The lowest BCUT2D eigenvalue weighted by molar-refractivity contribution is -0.132. The minimum atomic E-state index is -0.295. The number of aromatic amines is 1. The first-order valence-corrected chi connectivity index (χ1v) is 8.49. The number of hydrogen-bond acceptors (Lipinski definition) is 4. The van der Waals surface area contributed by atoms with Crippen molar-refractivity contribution >= 4 is 40.0 Å². The Bertz CT molecular complexity index is 1020. The summed E-state index contributed by atoms with van der Waals surface area (Å²) in [6.45, 7) is -0.0695. The highest BCUT2D eigenvalue weighted by molar-refractivity contribution is 6.34. The van der Waals surface area contributed by atoms with Gasteiger partial charge < -0.3 is 14.6 Å². The van der Waals surface area contributed by atoms with Gasteiger partial charge in [-0.3, -0.25) is 9.59 Å². The lowest BCUT2D eigenvalue weighted by Gasteiger charge is -2.17. The van der Waals surface area contributed by atoms with Crippen LogP contribution in [0.25, 0.3) is 10.9 Å². The number of nitrogens with zero attached hydrogens (tertiary/aromatic N) is 2. The molecule has 3 rings (SSSR count). The summed E-state index contributed by atoms with van der Waals surface area (Å²) in [5.41, 5.74) is 0.336. The van der Waals surface area contributed by atoms with Crippen molar-refractivity contribution in [1.82, 2.24) is 14.9 Å². The molecule has 0 unspecified atom stereocenters. The van der Waals surface area contributed by atoms with Gasteiger partial charge in [-0.2, -0.15) is 0 Å². The van der Waals surface area contributed by atoms with E-state index < -0.39 is 0 Å². The molecule has 6 nitrogen and oxygen atoms in total. The molecule has 1 amide bonds. The molecule has 0 atom stereocenters. The smallest absolute Gasteiger partial charge is 0.260 e. The fourth-order valence-electron chi connectivity index (χ4n) is 2.36. The molecule has 0 aliphatic carbocycles. The van der Waals surface area contributed by atoms with Gasteiger partial charge in [0.2, 0.25) is 0 Å². The summed E-state index contributed by atoms with van der Waals surface area (Å²) in [5, 5.41) is 1.33. The third-order valence-electron chi connectivity index (χ3n) is 3.72. The van der Waals surface area contributed by atoms with Crippen molar-refractivity contribution in [1.29, 1.82) is 0 Å². The fourth-order valence-corrected chi connectivity index (χ4v) is 2.69. The third kappa shape index (κ3) is 4.15. The molecular weight excluding hydrogens is 377 g/mol. The Morgan fingerprint density at radius 1 is 1.23 bits per heavy atom. The number of benzene rings is 2. The van der Waals surface area contributed by atoms with Gasteiger partial charge in [0.25, 0.3) is 11.5 Å². The third-order valence-corrected chi connectivity index (χ3v) is 4.27. The van der Waals surface area contributed by atoms with Gasteiger partial charge in [-0.05, 0) is 24.3 Å². The minimum Gasteiger partial charge on any atom is -0.482 e. The Kier molecular flexibility index (Phi) is 5.44. The quantitative estimate of drug-likeness (QED) is 0.723. The molecule has 0 bridgehead atoms. The lowest BCUT2D eigenvalue weighted by atomic mass is 10.2. The maximum atomic E-state index is 12.3. The van der Waals surface area contributed by atoms with E-state index in [2.05, 4.69) is 9.97 Å². The molecule has 0 saturated carbocycles. The number of likely N-dealkylation sites (N-methyl/N-ethyl adjacent to an activating group) is 1. The van der Waals surface area contributed by atoms with Crippen molar-refractivity contribution < 1.29 is 9.53 Å². The Morgan fingerprint density at radius 3 is 2.81 bits per heavy atom. The molecule has 0 radical (unpaired) electrons. The molecule has 0 aliphatic rings. The van der Waals surface area contributed by atoms with Gasteiger partial charge in [-0.25, -0.2) is 4.98 Å². The lowest BCUT2D eigenvalue weighted by Crippen LogP contribution is -2.32. The van der Waals surface area contributed by atoms with E-state index in [1.54, 1.807) is 49.5 Å². The number of nitrogens with one attached hydrogen (secondary N) is 1. The summed E-state index contributed by atoms with van der Waals surface area (Å²) in [7, 11) is 1.60. The molecule has 0 saturated heterocycles. The predicted molar refractivity (Wildman–Crippen MR) is 101 cm³/mol. The van der Waals surface area contributed by atoms with Gasteiger partial charge in [-0.1, -0.05) is 35.3 Å². The molecule has 1 heterocycles. The van der Waals surface area contributed by atoms with Gasteiger partial charge in [0.05, 0.1) is 22.5 Å². The molecule has 26 heavy (non-hydrogen) atoms. The number of hydrogen-bond donors (Lipinski definition) is 1. The number of rotatable bonds is 5. The van der Waals surface area contributed by atoms with E-state index >= 15 is 0 Å². The van der Waals surface area contributed by atoms with Crippen molar-refractivity contribution in [3.05, 3.63) is 68.7 Å². The van der Waals surface area contributed by atoms with Crippen molar-refractivity contribution in [3.8, 4) is 5.75 Å². The molecule has 0 fully saturated rings. The van der Waals surface area contributed by atoms with E-state index in [4.69, 9.17) is 27.9 Å². The van der Waals surface area contributed by atoms with Crippen LogP contribution in [0.5, 0.6) is 5.75 Å². The summed E-state index contributed by atoms with van der Waals surface area (Å²) in [6, 6.07) is 11.8. The number of amides is 1. The van der Waals surface area contributed by atoms with Crippen LogP contribution in [0.2, 0.25) is 10.0 Å². The van der Waals surface area contributed by atoms with Gasteiger partial charge in [0.1, 0.15) is 11.6 Å². The normalized spacial score (nSPS) is 10.7. The van der Waals surface area contributed by atoms with E-state index in [0.717, 1.165) is 0 Å². The Labute approximate surface area is 159 Å². The second-order valence-corrected chi connectivity index (χ2v) is 6.49. The van der Waals surface area contributed by atoms with Crippen LogP contribution in [-0.4, -0.2) is 34.4 Å². The van der Waals surface area contributed by atoms with E-state index in [1.165, 1.54) is 4.90 Å². The zero-order valence-electron chi connectivity index (χ0n) is 13.8. The number of fused-ring (bicyclic) bond motifs is 1. The molecule has 3 aromatic rings. The monoisotopic (exact) mass is 391 g/mol. The van der Waals surface area contributed by atoms with Crippen LogP contribution in [0, 0.1) is 0 Å². The number of carbonyl (C=O) groups is 1. The van der Waals surface area contributed by atoms with Crippen molar-refractivity contribution in [2.45, 2.75) is 6.54 Å². The zero-order valence-corrected chi connectivity index (χ0v) is 15.3. The molecule has 134 valence electrons. The van der Waals surface area contributed by atoms with E-state index in [0.29, 0.717) is 32.5 Å². The molecule has 1 aromatic heterocycles. The predicted octanol–water partition coefficient (Wildman–Crippen LogP) is 3.27. The molecule has 0 aliphatic heterocycles. The number of H-pyrrole nitrogens is 1. The largest absolute Gasteiger partial charge is 0.482 e. The molecule has 1 N–H and O–H groups in total. The van der Waals surface area contributed by atoms with Gasteiger partial charge in [-0.15, -0.1) is 0 Å². The van der Waals surface area contributed by atoms with Crippen LogP contribution >= 0.6 is 23.2 Å². The van der Waals surface area contributed by atoms with Crippen LogP contribution < -0.4 is 10.3 Å². The van der Waals surface area contributed by atoms with Crippen LogP contribution in [0.4, 0.5) is 0 Å². The Morgan fingerprint density at radius 2 is 2.00 bits per heavy atom. The number of para-hydroxylation sites is 1. The van der Waals surface area contributed by atoms with Gasteiger partial charge in [0, 0.05) is 18.1 Å². The van der Waals surface area contributed by atoms with Crippen LogP contribution in [0.1, 0.15) is 5.82 Å². The SMILES string of the molecule is CN(Cc1nc2ccccc2c(=O)[nH]1)C(=O)COc1cc(Cl)ccc1Cl. The number of aromatic nitrogens is 2. The molecular formula is C18H15Cl2N3O3. The van der Waals surface area contributed by atoms with E-state index in [1.807, 2.05) is 0 Å². The minimum absolute atomic E-state index is 0.144. The van der Waals surface area contributed by atoms with Crippen LogP contribution in [-0.2, 0) is 11.3 Å². The maximum Gasteiger partial charge on any atom is 0.260 e. The topological polar surface area (TPSA) is 75.3 Å². The van der Waals surface area contributed by atoms with Crippen LogP contribution in [0.15, 0.2) is 47.3 Å². The molecule has 0 spiro atoms. The van der Waals surface area contributed by atoms with Gasteiger partial charge in [0.15, 0.2) is 6.61 Å². The Balaban J connectivity index is 1.67. The van der Waals surface area contributed by atoms with E-state index in [9.17, 15) is 9.59 Å². The van der Waals surface area contributed by atoms with E-state index in [-0.39, 0.29) is 24.6 Å². The summed E-state index contributed by atoms with van der Waals surface area (Å²) < 4.78 is 5.43. The first kappa shape index (κ1) is 18.2. The first-order chi connectivity index (χ1) is 12.4. The number of carbonyl (C=O) groups excluding carboxylic acids is 1. The average Bonchev–Trinajstić information content (AvgIpc) is 2.62. The molecule has 2 aromatic carbocycles. The second-order valence-electron chi connectivity index (χ2n) is 5.64. The fraction of sp³-hybridized carbons (Fsp3) is 0.167. The standard InChI is InChI=1S/C18H15Cl2N3O3/c1-23(17(24)10-26-15-8-11(19)6-7-13(15)20)9-16-21-14-5-3-2-4-12(14)18(25)22-16/h2-8H,9-10H2,1H3,(H,21,22,25). The first-order valence-electron chi connectivity index (χ1n) is 7.74. The summed E-state index contributed by atoms with van der Waals surface area (Å²) in [5.74, 6) is 0.431. The maximum absolute atomic E-state index is 12.3. The summed E-state index contributed by atoms with van der Waals surface area (Å²) >= 11 is 11.9.